The van der Waals surface area contributed by atoms with Gasteiger partial charge in [0.15, 0.2) is 5.96 Å². The Morgan fingerprint density at radius 3 is 2.86 bits per heavy atom. The Morgan fingerprint density at radius 2 is 2.14 bits per heavy atom. The van der Waals surface area contributed by atoms with E-state index in [9.17, 15) is 4.79 Å². The molecular weight excluding hydrogens is 356 g/mol. The molecule has 0 saturated carbocycles. The molecule has 0 bridgehead atoms. The van der Waals surface area contributed by atoms with Crippen LogP contribution in [0.2, 0.25) is 0 Å². The molecule has 1 aromatic carbocycles. The Labute approximate surface area is 168 Å². The van der Waals surface area contributed by atoms with Gasteiger partial charge in [0.1, 0.15) is 12.4 Å². The quantitative estimate of drug-likeness (QED) is 0.421. The minimum atomic E-state index is 0.0492. The monoisotopic (exact) mass is 390 g/mol. The van der Waals surface area contributed by atoms with Gasteiger partial charge in [-0.2, -0.15) is 0 Å². The zero-order valence-electron chi connectivity index (χ0n) is 17.3. The van der Waals surface area contributed by atoms with Crippen LogP contribution in [0.3, 0.4) is 0 Å². The van der Waals surface area contributed by atoms with Crippen molar-refractivity contribution >= 4 is 11.9 Å². The van der Waals surface area contributed by atoms with E-state index in [1.165, 1.54) is 0 Å². The first-order valence-electron chi connectivity index (χ1n) is 10.2. The van der Waals surface area contributed by atoms with Gasteiger partial charge in [-0.1, -0.05) is 19.1 Å². The lowest BCUT2D eigenvalue weighted by molar-refractivity contribution is -0.120. The number of carbonyl (C=O) groups excluding carboxylic acids is 1. The highest BCUT2D eigenvalue weighted by Crippen LogP contribution is 2.22. The maximum atomic E-state index is 11.7. The summed E-state index contributed by atoms with van der Waals surface area (Å²) in [6.45, 7) is 7.33. The molecule has 2 rings (SSSR count). The van der Waals surface area contributed by atoms with Gasteiger partial charge >= 0.3 is 0 Å². The molecule has 1 atom stereocenters. The minimum absolute atomic E-state index is 0.0492. The van der Waals surface area contributed by atoms with Crippen LogP contribution in [0, 0.1) is 6.92 Å². The van der Waals surface area contributed by atoms with E-state index in [1.54, 1.807) is 7.05 Å². The van der Waals surface area contributed by atoms with Crippen LogP contribution in [-0.2, 0) is 16.1 Å². The van der Waals surface area contributed by atoms with E-state index in [2.05, 4.69) is 46.1 Å². The van der Waals surface area contributed by atoms with E-state index in [1.807, 2.05) is 6.92 Å². The average molecular weight is 391 g/mol. The molecule has 3 N–H and O–H groups in total. The van der Waals surface area contributed by atoms with E-state index in [-0.39, 0.29) is 12.0 Å². The maximum Gasteiger partial charge on any atom is 0.221 e. The standard InChI is InChI=1S/C21H34N4O3/c1-4-10-23-20(26)9-11-24-21(22-3)25-14-17-8-7-16(2)13-19(17)28-15-18-6-5-12-27-18/h7-8,13,18H,4-6,9-12,14-15H2,1-3H3,(H,23,26)(H2,22,24,25). The molecule has 0 aliphatic carbocycles. The van der Waals surface area contributed by atoms with Crippen molar-refractivity contribution in [2.45, 2.75) is 52.2 Å². The lowest BCUT2D eigenvalue weighted by Gasteiger charge is -2.17. The van der Waals surface area contributed by atoms with Crippen molar-refractivity contribution in [3.63, 3.8) is 0 Å². The second-order valence-corrected chi connectivity index (χ2v) is 7.01. The number of carbonyl (C=O) groups is 1. The lowest BCUT2D eigenvalue weighted by Crippen LogP contribution is -2.39. The smallest absolute Gasteiger partial charge is 0.221 e. The molecule has 0 radical (unpaired) electrons. The van der Waals surface area contributed by atoms with E-state index in [0.717, 1.165) is 42.7 Å². The lowest BCUT2D eigenvalue weighted by atomic mass is 10.1. The second kappa shape index (κ2) is 12.2. The summed E-state index contributed by atoms with van der Waals surface area (Å²) in [5.74, 6) is 1.58. The predicted octanol–water partition coefficient (Wildman–Crippen LogP) is 2.13. The van der Waals surface area contributed by atoms with Crippen molar-refractivity contribution in [3.8, 4) is 5.75 Å². The fourth-order valence-corrected chi connectivity index (χ4v) is 2.95. The topological polar surface area (TPSA) is 84.0 Å². The molecule has 1 unspecified atom stereocenters. The Hall–Kier alpha value is -2.28. The zero-order chi connectivity index (χ0) is 20.2. The highest BCUT2D eigenvalue weighted by Gasteiger charge is 2.17. The van der Waals surface area contributed by atoms with E-state index in [4.69, 9.17) is 9.47 Å². The van der Waals surface area contributed by atoms with Crippen molar-refractivity contribution < 1.29 is 14.3 Å². The molecule has 1 amide bonds. The van der Waals surface area contributed by atoms with Crippen molar-refractivity contribution in [2.75, 3.05) is 33.4 Å². The van der Waals surface area contributed by atoms with Crippen molar-refractivity contribution in [2.24, 2.45) is 4.99 Å². The molecule has 28 heavy (non-hydrogen) atoms. The van der Waals surface area contributed by atoms with E-state index in [0.29, 0.717) is 38.6 Å². The first kappa shape index (κ1) is 22.0. The van der Waals surface area contributed by atoms with Crippen LogP contribution in [0.1, 0.15) is 43.7 Å². The largest absolute Gasteiger partial charge is 0.491 e. The molecular formula is C21H34N4O3. The summed E-state index contributed by atoms with van der Waals surface area (Å²) in [4.78, 5) is 15.9. The molecule has 7 nitrogen and oxygen atoms in total. The van der Waals surface area contributed by atoms with Crippen molar-refractivity contribution in [1.29, 1.82) is 0 Å². The first-order chi connectivity index (χ1) is 13.6. The maximum absolute atomic E-state index is 11.7. The van der Waals surface area contributed by atoms with Crippen LogP contribution >= 0.6 is 0 Å². The molecule has 0 aromatic heterocycles. The number of nitrogens with zero attached hydrogens (tertiary/aromatic N) is 1. The summed E-state index contributed by atoms with van der Waals surface area (Å²) in [5.41, 5.74) is 2.22. The molecule has 1 aliphatic rings. The van der Waals surface area contributed by atoms with Gasteiger partial charge in [0.25, 0.3) is 0 Å². The van der Waals surface area contributed by atoms with Gasteiger partial charge in [0, 0.05) is 45.3 Å². The number of ether oxygens (including phenoxy) is 2. The molecule has 1 fully saturated rings. The third-order valence-corrected chi connectivity index (χ3v) is 4.56. The number of hydrogen-bond acceptors (Lipinski definition) is 4. The van der Waals surface area contributed by atoms with Crippen LogP contribution in [0.5, 0.6) is 5.75 Å². The number of nitrogens with one attached hydrogen (secondary N) is 3. The Bertz CT molecular complexity index is 643. The fraction of sp³-hybridized carbons (Fsp3) is 0.619. The van der Waals surface area contributed by atoms with Gasteiger partial charge in [-0.3, -0.25) is 9.79 Å². The molecule has 156 valence electrons. The minimum Gasteiger partial charge on any atom is -0.491 e. The number of aryl methyl sites for hydroxylation is 1. The van der Waals surface area contributed by atoms with Gasteiger partial charge in [-0.05, 0) is 37.8 Å². The van der Waals surface area contributed by atoms with Crippen LogP contribution in [0.4, 0.5) is 0 Å². The normalized spacial score (nSPS) is 16.7. The second-order valence-electron chi connectivity index (χ2n) is 7.01. The van der Waals surface area contributed by atoms with E-state index < -0.39 is 0 Å². The van der Waals surface area contributed by atoms with Crippen LogP contribution in [0.15, 0.2) is 23.2 Å². The number of guanidine groups is 1. The molecule has 0 spiro atoms. The SMILES string of the molecule is CCCNC(=O)CCNC(=NC)NCc1ccc(C)cc1OCC1CCCO1. The van der Waals surface area contributed by atoms with Gasteiger partial charge < -0.3 is 25.4 Å². The summed E-state index contributed by atoms with van der Waals surface area (Å²) in [6, 6.07) is 6.20. The highest BCUT2D eigenvalue weighted by atomic mass is 16.5. The van der Waals surface area contributed by atoms with Gasteiger partial charge in [-0.15, -0.1) is 0 Å². The van der Waals surface area contributed by atoms with Crippen LogP contribution in [-0.4, -0.2) is 51.3 Å². The molecule has 7 heteroatoms. The number of rotatable bonds is 10. The fourth-order valence-electron chi connectivity index (χ4n) is 2.95. The van der Waals surface area contributed by atoms with Crippen LogP contribution in [0.25, 0.3) is 0 Å². The number of benzene rings is 1. The van der Waals surface area contributed by atoms with Gasteiger partial charge in [0.2, 0.25) is 5.91 Å². The summed E-state index contributed by atoms with van der Waals surface area (Å²) >= 11 is 0. The third-order valence-electron chi connectivity index (χ3n) is 4.56. The average Bonchev–Trinajstić information content (AvgIpc) is 3.22. The Balaban J connectivity index is 1.81. The number of aliphatic imine (C=N–C) groups is 1. The summed E-state index contributed by atoms with van der Waals surface area (Å²) in [6.07, 6.45) is 3.71. The molecule has 1 aliphatic heterocycles. The predicted molar refractivity (Wildman–Crippen MR) is 112 cm³/mol. The van der Waals surface area contributed by atoms with Crippen molar-refractivity contribution in [1.82, 2.24) is 16.0 Å². The van der Waals surface area contributed by atoms with Crippen LogP contribution < -0.4 is 20.7 Å². The van der Waals surface area contributed by atoms with Gasteiger partial charge in [-0.25, -0.2) is 0 Å². The molecule has 1 aromatic rings. The Morgan fingerprint density at radius 1 is 1.29 bits per heavy atom. The summed E-state index contributed by atoms with van der Waals surface area (Å²) in [7, 11) is 1.72. The zero-order valence-corrected chi connectivity index (χ0v) is 17.3. The van der Waals surface area contributed by atoms with E-state index >= 15 is 0 Å². The number of amides is 1. The Kier molecular flexibility index (Phi) is 9.62. The molecule has 1 heterocycles. The number of hydrogen-bond donors (Lipinski definition) is 3. The summed E-state index contributed by atoms with van der Waals surface area (Å²) < 4.78 is 11.7. The highest BCUT2D eigenvalue weighted by molar-refractivity contribution is 5.81. The molecule has 1 saturated heterocycles. The summed E-state index contributed by atoms with van der Waals surface area (Å²) in [5, 5.41) is 9.32. The van der Waals surface area contributed by atoms with Gasteiger partial charge in [0.05, 0.1) is 6.10 Å². The van der Waals surface area contributed by atoms with Crippen molar-refractivity contribution in [3.05, 3.63) is 29.3 Å². The third kappa shape index (κ3) is 7.76. The first-order valence-corrected chi connectivity index (χ1v) is 10.2.